The Morgan fingerprint density at radius 1 is 1.13 bits per heavy atom. The Kier molecular flexibility index (Phi) is 5.85. The number of nitrogens with zero attached hydrogens (tertiary/aromatic N) is 3. The van der Waals surface area contributed by atoms with Crippen molar-refractivity contribution in [2.24, 2.45) is 7.05 Å². The summed E-state index contributed by atoms with van der Waals surface area (Å²) in [7, 11) is 1.87. The molecule has 2 amide bonds. The maximum absolute atomic E-state index is 12.6. The third-order valence-electron chi connectivity index (χ3n) is 4.88. The molecule has 7 nitrogen and oxygen atoms in total. The van der Waals surface area contributed by atoms with Crippen molar-refractivity contribution < 1.29 is 9.59 Å². The molecular weight excluding hydrogens is 398 g/mol. The summed E-state index contributed by atoms with van der Waals surface area (Å²) in [5, 5.41) is 15.1. The first-order valence-corrected chi connectivity index (χ1v) is 10.8. The molecule has 0 spiro atoms. The lowest BCUT2D eigenvalue weighted by Gasteiger charge is -2.09. The van der Waals surface area contributed by atoms with Gasteiger partial charge in [0.05, 0.1) is 5.75 Å². The molecule has 1 saturated carbocycles. The Hall–Kier alpha value is -3.13. The first-order chi connectivity index (χ1) is 14.5. The van der Waals surface area contributed by atoms with Crippen LogP contribution in [0.25, 0.3) is 11.4 Å². The van der Waals surface area contributed by atoms with Crippen molar-refractivity contribution >= 4 is 29.3 Å². The van der Waals surface area contributed by atoms with Gasteiger partial charge in [0.2, 0.25) is 5.91 Å². The van der Waals surface area contributed by atoms with Crippen molar-refractivity contribution in [1.29, 1.82) is 0 Å². The van der Waals surface area contributed by atoms with E-state index in [-0.39, 0.29) is 11.8 Å². The molecule has 0 radical (unpaired) electrons. The number of aromatic nitrogens is 3. The Balaban J connectivity index is 1.45. The summed E-state index contributed by atoms with van der Waals surface area (Å²) in [4.78, 5) is 24.5. The van der Waals surface area contributed by atoms with E-state index in [4.69, 9.17) is 0 Å². The minimum absolute atomic E-state index is 0.0213. The number of hydrogen-bond acceptors (Lipinski definition) is 5. The van der Waals surface area contributed by atoms with Crippen molar-refractivity contribution in [1.82, 2.24) is 20.1 Å². The van der Waals surface area contributed by atoms with E-state index in [9.17, 15) is 9.59 Å². The predicted molar refractivity (Wildman–Crippen MR) is 117 cm³/mol. The normalized spacial score (nSPS) is 13.1. The van der Waals surface area contributed by atoms with Gasteiger partial charge in [0.15, 0.2) is 11.0 Å². The van der Waals surface area contributed by atoms with Crippen LogP contribution in [0.4, 0.5) is 5.69 Å². The number of amides is 2. The van der Waals surface area contributed by atoms with E-state index in [1.165, 1.54) is 11.8 Å². The second kappa shape index (κ2) is 8.71. The number of rotatable bonds is 7. The second-order valence-corrected chi connectivity index (χ2v) is 8.29. The Morgan fingerprint density at radius 2 is 1.93 bits per heavy atom. The van der Waals surface area contributed by atoms with Gasteiger partial charge in [0.25, 0.3) is 5.91 Å². The first-order valence-electron chi connectivity index (χ1n) is 9.80. The number of benzene rings is 2. The average Bonchev–Trinajstić information content (AvgIpc) is 3.47. The topological polar surface area (TPSA) is 88.9 Å². The zero-order valence-corrected chi connectivity index (χ0v) is 17.7. The molecule has 3 aromatic rings. The third kappa shape index (κ3) is 4.71. The van der Waals surface area contributed by atoms with Gasteiger partial charge in [-0.1, -0.05) is 42.1 Å². The number of thioether (sulfide) groups is 1. The van der Waals surface area contributed by atoms with E-state index in [1.54, 1.807) is 6.07 Å². The van der Waals surface area contributed by atoms with Crippen LogP contribution >= 0.6 is 11.8 Å². The zero-order valence-electron chi connectivity index (χ0n) is 16.9. The molecule has 2 N–H and O–H groups in total. The molecule has 1 heterocycles. The number of carbonyl (C=O) groups is 2. The lowest BCUT2D eigenvalue weighted by Crippen LogP contribution is -2.27. The number of hydrogen-bond donors (Lipinski definition) is 2. The Bertz CT molecular complexity index is 1090. The summed E-state index contributed by atoms with van der Waals surface area (Å²) in [6.07, 6.45) is 2.14. The van der Waals surface area contributed by atoms with Crippen molar-refractivity contribution in [2.45, 2.75) is 31.0 Å². The minimum atomic E-state index is -0.152. The summed E-state index contributed by atoms with van der Waals surface area (Å²) < 4.78 is 1.86. The highest BCUT2D eigenvalue weighted by atomic mass is 32.2. The fourth-order valence-corrected chi connectivity index (χ4v) is 3.80. The molecule has 0 atom stereocenters. The van der Waals surface area contributed by atoms with Gasteiger partial charge in [-0.15, -0.1) is 10.2 Å². The van der Waals surface area contributed by atoms with Crippen molar-refractivity contribution in [3.8, 4) is 11.4 Å². The molecule has 8 heteroatoms. The highest BCUT2D eigenvalue weighted by molar-refractivity contribution is 7.99. The van der Waals surface area contributed by atoms with Crippen LogP contribution in [-0.2, 0) is 11.8 Å². The quantitative estimate of drug-likeness (QED) is 0.571. The van der Waals surface area contributed by atoms with E-state index in [1.807, 2.05) is 61.0 Å². The molecular formula is C22H23N5O2S. The smallest absolute Gasteiger partial charge is 0.255 e. The zero-order chi connectivity index (χ0) is 21.1. The van der Waals surface area contributed by atoms with Gasteiger partial charge in [0.1, 0.15) is 0 Å². The van der Waals surface area contributed by atoms with Gasteiger partial charge in [-0.2, -0.15) is 0 Å². The summed E-state index contributed by atoms with van der Waals surface area (Å²) in [5.41, 5.74) is 3.08. The van der Waals surface area contributed by atoms with E-state index in [0.717, 1.165) is 24.0 Å². The molecule has 0 saturated heterocycles. The lowest BCUT2D eigenvalue weighted by molar-refractivity contribution is -0.118. The van der Waals surface area contributed by atoms with Gasteiger partial charge < -0.3 is 15.2 Å². The van der Waals surface area contributed by atoms with Crippen LogP contribution in [0.2, 0.25) is 0 Å². The average molecular weight is 422 g/mol. The minimum Gasteiger partial charge on any atom is -0.353 e. The van der Waals surface area contributed by atoms with Gasteiger partial charge in [-0.05, 0) is 43.5 Å². The number of anilines is 1. The predicted octanol–water partition coefficient (Wildman–Crippen LogP) is 3.41. The summed E-state index contributed by atoms with van der Waals surface area (Å²) >= 11 is 1.36. The largest absolute Gasteiger partial charge is 0.353 e. The fourth-order valence-electron chi connectivity index (χ4n) is 3.08. The van der Waals surface area contributed by atoms with E-state index in [0.29, 0.717) is 34.0 Å². The number of carbonyl (C=O) groups excluding carboxylic acids is 2. The van der Waals surface area contributed by atoms with Gasteiger partial charge in [0, 0.05) is 29.9 Å². The van der Waals surface area contributed by atoms with E-state index < -0.39 is 0 Å². The Morgan fingerprint density at radius 3 is 2.70 bits per heavy atom. The van der Waals surface area contributed by atoms with E-state index in [2.05, 4.69) is 20.8 Å². The SMILES string of the molecule is Cc1ccccc1C(=O)Nc1cccc(-c2nnc(SCC(=O)NC3CC3)n2C)c1. The van der Waals surface area contributed by atoms with Crippen molar-refractivity contribution in [2.75, 3.05) is 11.1 Å². The van der Waals surface area contributed by atoms with E-state index >= 15 is 0 Å². The van der Waals surface area contributed by atoms with Crippen LogP contribution in [0.15, 0.2) is 53.7 Å². The number of aryl methyl sites for hydroxylation is 1. The highest BCUT2D eigenvalue weighted by Gasteiger charge is 2.23. The standard InChI is InChI=1S/C22H23N5O2S/c1-14-6-3-4-9-18(14)21(29)24-17-8-5-7-15(12-17)20-25-26-22(27(20)2)30-13-19(28)23-16-10-11-16/h3-9,12,16H,10-11,13H2,1-2H3,(H,23,28)(H,24,29). The molecule has 30 heavy (non-hydrogen) atoms. The van der Waals surface area contributed by atoms with Crippen molar-refractivity contribution in [3.63, 3.8) is 0 Å². The van der Waals surface area contributed by atoms with Crippen LogP contribution in [-0.4, -0.2) is 38.4 Å². The first kappa shape index (κ1) is 20.2. The van der Waals surface area contributed by atoms with Gasteiger partial charge >= 0.3 is 0 Å². The molecule has 4 rings (SSSR count). The molecule has 0 aliphatic heterocycles. The molecule has 154 valence electrons. The molecule has 2 aromatic carbocycles. The molecule has 1 aliphatic carbocycles. The number of nitrogens with one attached hydrogen (secondary N) is 2. The maximum Gasteiger partial charge on any atom is 0.255 e. The second-order valence-electron chi connectivity index (χ2n) is 7.35. The molecule has 1 fully saturated rings. The molecule has 0 unspecified atom stereocenters. The molecule has 1 aliphatic rings. The van der Waals surface area contributed by atoms with Crippen LogP contribution < -0.4 is 10.6 Å². The summed E-state index contributed by atoms with van der Waals surface area (Å²) in [6, 6.07) is 15.3. The lowest BCUT2D eigenvalue weighted by atomic mass is 10.1. The highest BCUT2D eigenvalue weighted by Crippen LogP contribution is 2.25. The van der Waals surface area contributed by atoms with Crippen LogP contribution in [0, 0.1) is 6.92 Å². The van der Waals surface area contributed by atoms with Gasteiger partial charge in [-0.25, -0.2) is 0 Å². The summed E-state index contributed by atoms with van der Waals surface area (Å²) in [5.74, 6) is 0.857. The van der Waals surface area contributed by atoms with Gasteiger partial charge in [-0.3, -0.25) is 9.59 Å². The molecule has 0 bridgehead atoms. The van der Waals surface area contributed by atoms with Crippen LogP contribution in [0.5, 0.6) is 0 Å². The molecule has 1 aromatic heterocycles. The van der Waals surface area contributed by atoms with Crippen LogP contribution in [0.1, 0.15) is 28.8 Å². The van der Waals surface area contributed by atoms with Crippen molar-refractivity contribution in [3.05, 3.63) is 59.7 Å². The summed E-state index contributed by atoms with van der Waals surface area (Å²) in [6.45, 7) is 1.91. The third-order valence-corrected chi connectivity index (χ3v) is 5.90. The maximum atomic E-state index is 12.6. The van der Waals surface area contributed by atoms with Crippen LogP contribution in [0.3, 0.4) is 0 Å². The fraction of sp³-hybridized carbons (Fsp3) is 0.273. The Labute approximate surface area is 179 Å². The monoisotopic (exact) mass is 421 g/mol.